The lowest BCUT2D eigenvalue weighted by molar-refractivity contribution is 0.101. The fourth-order valence-corrected chi connectivity index (χ4v) is 1.79. The van der Waals surface area contributed by atoms with Gasteiger partial charge in [0.05, 0.1) is 18.4 Å². The first-order chi connectivity index (χ1) is 8.13. The van der Waals surface area contributed by atoms with E-state index in [4.69, 9.17) is 20.8 Å². The van der Waals surface area contributed by atoms with Crippen LogP contribution in [0, 0.1) is 6.92 Å². The van der Waals surface area contributed by atoms with Crippen molar-refractivity contribution in [3.8, 4) is 5.75 Å². The summed E-state index contributed by atoms with van der Waals surface area (Å²) < 4.78 is 10.2. The number of furan rings is 1. The van der Waals surface area contributed by atoms with E-state index in [1.54, 1.807) is 31.4 Å². The molecule has 0 atom stereocenters. The zero-order valence-corrected chi connectivity index (χ0v) is 10.2. The van der Waals surface area contributed by atoms with Gasteiger partial charge in [0, 0.05) is 5.56 Å². The van der Waals surface area contributed by atoms with E-state index in [2.05, 4.69) is 0 Å². The van der Waals surface area contributed by atoms with Crippen LogP contribution in [0.25, 0.3) is 0 Å². The number of hydrogen-bond acceptors (Lipinski definition) is 3. The minimum absolute atomic E-state index is 0.222. The van der Waals surface area contributed by atoms with Crippen LogP contribution in [0.4, 0.5) is 0 Å². The van der Waals surface area contributed by atoms with Crippen molar-refractivity contribution in [3.05, 3.63) is 52.4 Å². The summed E-state index contributed by atoms with van der Waals surface area (Å²) in [6, 6.07) is 6.67. The van der Waals surface area contributed by atoms with Crippen LogP contribution in [0.5, 0.6) is 5.75 Å². The molecule has 0 aliphatic carbocycles. The van der Waals surface area contributed by atoms with Gasteiger partial charge in [-0.05, 0) is 36.8 Å². The van der Waals surface area contributed by atoms with Crippen molar-refractivity contribution in [3.63, 3.8) is 0 Å². The third kappa shape index (κ3) is 2.19. The number of benzene rings is 1. The largest absolute Gasteiger partial charge is 0.497 e. The molecule has 1 aromatic heterocycles. The molecule has 0 unspecified atom stereocenters. The highest BCUT2D eigenvalue weighted by atomic mass is 35.5. The van der Waals surface area contributed by atoms with E-state index < -0.39 is 0 Å². The SMILES string of the molecule is COc1ccc(C(=O)c2occc2C)c(Cl)c1. The van der Waals surface area contributed by atoms with Crippen molar-refractivity contribution in [2.75, 3.05) is 7.11 Å². The lowest BCUT2D eigenvalue weighted by atomic mass is 10.1. The quantitative estimate of drug-likeness (QED) is 0.783. The van der Waals surface area contributed by atoms with Crippen molar-refractivity contribution in [2.45, 2.75) is 6.92 Å². The predicted molar refractivity (Wildman–Crippen MR) is 64.9 cm³/mol. The molecular weight excluding hydrogens is 240 g/mol. The normalized spacial score (nSPS) is 10.3. The Labute approximate surface area is 104 Å². The van der Waals surface area contributed by atoms with E-state index in [9.17, 15) is 4.79 Å². The Kier molecular flexibility index (Phi) is 3.20. The molecule has 0 aliphatic rings. The minimum atomic E-state index is -0.222. The lowest BCUT2D eigenvalue weighted by Gasteiger charge is -2.04. The van der Waals surface area contributed by atoms with Crippen molar-refractivity contribution < 1.29 is 13.9 Å². The van der Waals surface area contributed by atoms with Gasteiger partial charge >= 0.3 is 0 Å². The summed E-state index contributed by atoms with van der Waals surface area (Å²) in [4.78, 5) is 12.1. The number of methoxy groups -OCH3 is 1. The number of rotatable bonds is 3. The standard InChI is InChI=1S/C13H11ClO3/c1-8-5-6-17-13(8)12(15)10-4-3-9(16-2)7-11(10)14/h3-7H,1-2H3. The van der Waals surface area contributed by atoms with E-state index in [0.29, 0.717) is 22.1 Å². The number of aryl methyl sites for hydroxylation is 1. The number of carbonyl (C=O) groups excluding carboxylic acids is 1. The zero-order valence-electron chi connectivity index (χ0n) is 9.49. The van der Waals surface area contributed by atoms with Gasteiger partial charge in [0.1, 0.15) is 5.75 Å². The highest BCUT2D eigenvalue weighted by Gasteiger charge is 2.18. The zero-order chi connectivity index (χ0) is 12.4. The molecule has 88 valence electrons. The Morgan fingerprint density at radius 2 is 2.12 bits per heavy atom. The molecule has 4 heteroatoms. The molecule has 0 aliphatic heterocycles. The van der Waals surface area contributed by atoms with Gasteiger partial charge in [-0.25, -0.2) is 0 Å². The van der Waals surface area contributed by atoms with Crippen LogP contribution < -0.4 is 4.74 Å². The molecule has 1 heterocycles. The Balaban J connectivity index is 2.41. The molecule has 3 nitrogen and oxygen atoms in total. The second-order valence-electron chi connectivity index (χ2n) is 3.61. The first kappa shape index (κ1) is 11.7. The van der Waals surface area contributed by atoms with E-state index in [1.807, 2.05) is 6.92 Å². The predicted octanol–water partition coefficient (Wildman–Crippen LogP) is 3.48. The van der Waals surface area contributed by atoms with Gasteiger partial charge in [-0.3, -0.25) is 4.79 Å². The van der Waals surface area contributed by atoms with Gasteiger partial charge in [-0.2, -0.15) is 0 Å². The second-order valence-corrected chi connectivity index (χ2v) is 4.01. The maximum atomic E-state index is 12.1. The van der Waals surface area contributed by atoms with Crippen LogP contribution in [-0.2, 0) is 0 Å². The summed E-state index contributed by atoms with van der Waals surface area (Å²) in [5.41, 5.74) is 1.20. The summed E-state index contributed by atoms with van der Waals surface area (Å²) in [7, 11) is 1.55. The third-order valence-corrected chi connectivity index (χ3v) is 2.80. The minimum Gasteiger partial charge on any atom is -0.497 e. The molecule has 0 N–H and O–H groups in total. The van der Waals surface area contributed by atoms with E-state index >= 15 is 0 Å². The summed E-state index contributed by atoms with van der Waals surface area (Å²) >= 11 is 6.03. The molecule has 2 rings (SSSR count). The number of ketones is 1. The third-order valence-electron chi connectivity index (χ3n) is 2.49. The van der Waals surface area contributed by atoms with Crippen molar-refractivity contribution in [1.82, 2.24) is 0 Å². The first-order valence-electron chi connectivity index (χ1n) is 5.06. The van der Waals surface area contributed by atoms with E-state index in [0.717, 1.165) is 5.56 Å². The molecule has 0 bridgehead atoms. The van der Waals surface area contributed by atoms with Gasteiger partial charge in [0.25, 0.3) is 0 Å². The molecule has 2 aromatic rings. The first-order valence-corrected chi connectivity index (χ1v) is 5.43. The van der Waals surface area contributed by atoms with Crippen molar-refractivity contribution in [1.29, 1.82) is 0 Å². The maximum Gasteiger partial charge on any atom is 0.229 e. The summed E-state index contributed by atoms with van der Waals surface area (Å²) in [5.74, 6) is 0.708. The second kappa shape index (κ2) is 4.63. The Morgan fingerprint density at radius 1 is 1.35 bits per heavy atom. The van der Waals surface area contributed by atoms with Crippen LogP contribution in [0.15, 0.2) is 34.9 Å². The van der Waals surface area contributed by atoms with Gasteiger partial charge in [-0.1, -0.05) is 11.6 Å². The topological polar surface area (TPSA) is 39.4 Å². The molecule has 0 amide bonds. The van der Waals surface area contributed by atoms with Crippen LogP contribution in [0.1, 0.15) is 21.7 Å². The average molecular weight is 251 g/mol. The number of halogens is 1. The lowest BCUT2D eigenvalue weighted by Crippen LogP contribution is -2.02. The highest BCUT2D eigenvalue weighted by Crippen LogP contribution is 2.25. The van der Waals surface area contributed by atoms with Crippen LogP contribution in [0.2, 0.25) is 5.02 Å². The van der Waals surface area contributed by atoms with Crippen LogP contribution >= 0.6 is 11.6 Å². The van der Waals surface area contributed by atoms with Gasteiger partial charge < -0.3 is 9.15 Å². The summed E-state index contributed by atoms with van der Waals surface area (Å²) in [6.07, 6.45) is 1.49. The maximum absolute atomic E-state index is 12.1. The van der Waals surface area contributed by atoms with Crippen molar-refractivity contribution >= 4 is 17.4 Å². The van der Waals surface area contributed by atoms with Gasteiger partial charge in [0.15, 0.2) is 5.76 Å². The molecule has 17 heavy (non-hydrogen) atoms. The Bertz CT molecular complexity index is 558. The number of carbonyl (C=O) groups is 1. The molecule has 0 saturated heterocycles. The average Bonchev–Trinajstić information content (AvgIpc) is 2.74. The molecule has 0 spiro atoms. The summed E-state index contributed by atoms with van der Waals surface area (Å²) in [6.45, 7) is 1.81. The summed E-state index contributed by atoms with van der Waals surface area (Å²) in [5, 5.41) is 0.352. The van der Waals surface area contributed by atoms with Crippen LogP contribution in [-0.4, -0.2) is 12.9 Å². The molecule has 0 radical (unpaired) electrons. The van der Waals surface area contributed by atoms with E-state index in [1.165, 1.54) is 6.26 Å². The number of hydrogen-bond donors (Lipinski definition) is 0. The number of ether oxygens (including phenoxy) is 1. The van der Waals surface area contributed by atoms with Gasteiger partial charge in [-0.15, -0.1) is 0 Å². The fraction of sp³-hybridized carbons (Fsp3) is 0.154. The monoisotopic (exact) mass is 250 g/mol. The van der Waals surface area contributed by atoms with Crippen molar-refractivity contribution in [2.24, 2.45) is 0 Å². The molecule has 1 aromatic carbocycles. The van der Waals surface area contributed by atoms with E-state index in [-0.39, 0.29) is 5.78 Å². The molecule has 0 saturated carbocycles. The van der Waals surface area contributed by atoms with Gasteiger partial charge in [0.2, 0.25) is 5.78 Å². The fourth-order valence-electron chi connectivity index (χ4n) is 1.53. The Hall–Kier alpha value is -1.74. The highest BCUT2D eigenvalue weighted by molar-refractivity contribution is 6.35. The van der Waals surface area contributed by atoms with Crippen LogP contribution in [0.3, 0.4) is 0 Å². The Morgan fingerprint density at radius 3 is 2.65 bits per heavy atom. The molecular formula is C13H11ClO3. The smallest absolute Gasteiger partial charge is 0.229 e. The molecule has 0 fully saturated rings.